The fourth-order valence-corrected chi connectivity index (χ4v) is 2.63. The van der Waals surface area contributed by atoms with Gasteiger partial charge in [-0.05, 0) is 29.8 Å². The highest BCUT2D eigenvalue weighted by Crippen LogP contribution is 2.22. The molecule has 0 spiro atoms. The topological polar surface area (TPSA) is 75.7 Å². The van der Waals surface area contributed by atoms with E-state index in [-0.39, 0.29) is 13.1 Å². The summed E-state index contributed by atoms with van der Waals surface area (Å²) in [7, 11) is 1.51. The van der Waals surface area contributed by atoms with Crippen LogP contribution < -0.4 is 10.1 Å². The molecule has 2 amide bonds. The number of nitrogens with zero attached hydrogens (tertiary/aromatic N) is 1. The van der Waals surface area contributed by atoms with E-state index in [0.29, 0.717) is 5.75 Å². The van der Waals surface area contributed by atoms with Gasteiger partial charge in [0.1, 0.15) is 17.4 Å². The SMILES string of the molecule is CN1CC(C(=O)NCc2cccc(Oc3ccccc3)c2)C(=O)C1=O. The van der Waals surface area contributed by atoms with Gasteiger partial charge in [-0.15, -0.1) is 0 Å². The van der Waals surface area contributed by atoms with Gasteiger partial charge in [0.05, 0.1) is 0 Å². The lowest BCUT2D eigenvalue weighted by Crippen LogP contribution is -2.35. The van der Waals surface area contributed by atoms with Crippen LogP contribution in [0.4, 0.5) is 0 Å². The fourth-order valence-electron chi connectivity index (χ4n) is 2.63. The van der Waals surface area contributed by atoms with Crippen LogP contribution in [0.3, 0.4) is 0 Å². The maximum absolute atomic E-state index is 12.2. The van der Waals surface area contributed by atoms with Gasteiger partial charge >= 0.3 is 0 Å². The number of hydrogen-bond donors (Lipinski definition) is 1. The van der Waals surface area contributed by atoms with E-state index in [2.05, 4.69) is 5.32 Å². The Labute approximate surface area is 145 Å². The third-order valence-electron chi connectivity index (χ3n) is 3.99. The molecule has 2 aromatic carbocycles. The largest absolute Gasteiger partial charge is 0.457 e. The second-order valence-corrected chi connectivity index (χ2v) is 5.88. The minimum Gasteiger partial charge on any atom is -0.457 e. The Kier molecular flexibility index (Phi) is 4.79. The highest BCUT2D eigenvalue weighted by molar-refractivity contribution is 6.42. The van der Waals surface area contributed by atoms with Gasteiger partial charge in [0.15, 0.2) is 0 Å². The number of carbonyl (C=O) groups excluding carboxylic acids is 3. The van der Waals surface area contributed by atoms with Crippen LogP contribution in [0.15, 0.2) is 54.6 Å². The number of likely N-dealkylation sites (tertiary alicyclic amines) is 1. The summed E-state index contributed by atoms with van der Waals surface area (Å²) in [6.45, 7) is 0.382. The average Bonchev–Trinajstić information content (AvgIpc) is 2.88. The second kappa shape index (κ2) is 7.17. The maximum atomic E-state index is 12.2. The molecular formula is C19H18N2O4. The van der Waals surface area contributed by atoms with Gasteiger partial charge < -0.3 is 15.0 Å². The third-order valence-corrected chi connectivity index (χ3v) is 3.99. The fraction of sp³-hybridized carbons (Fsp3) is 0.211. The van der Waals surface area contributed by atoms with E-state index in [1.165, 1.54) is 11.9 Å². The normalized spacial score (nSPS) is 16.8. The summed E-state index contributed by atoms with van der Waals surface area (Å²) < 4.78 is 5.75. The lowest BCUT2D eigenvalue weighted by atomic mass is 10.1. The molecule has 6 nitrogen and oxygen atoms in total. The lowest BCUT2D eigenvalue weighted by Gasteiger charge is -2.11. The number of nitrogens with one attached hydrogen (secondary N) is 1. The molecule has 0 saturated carbocycles. The van der Waals surface area contributed by atoms with Crippen molar-refractivity contribution in [2.24, 2.45) is 5.92 Å². The minimum absolute atomic E-state index is 0.126. The van der Waals surface area contributed by atoms with Crippen molar-refractivity contribution >= 4 is 17.6 Å². The van der Waals surface area contributed by atoms with Crippen molar-refractivity contribution < 1.29 is 19.1 Å². The van der Waals surface area contributed by atoms with E-state index < -0.39 is 23.5 Å². The monoisotopic (exact) mass is 338 g/mol. The first kappa shape index (κ1) is 16.7. The zero-order chi connectivity index (χ0) is 17.8. The molecule has 6 heteroatoms. The molecule has 1 N–H and O–H groups in total. The van der Waals surface area contributed by atoms with Crippen LogP contribution >= 0.6 is 0 Å². The number of ether oxygens (including phenoxy) is 1. The van der Waals surface area contributed by atoms with E-state index in [9.17, 15) is 14.4 Å². The molecule has 1 aliphatic heterocycles. The number of likely N-dealkylation sites (N-methyl/N-ethyl adjacent to an activating group) is 1. The van der Waals surface area contributed by atoms with Crippen LogP contribution in [0.1, 0.15) is 5.56 Å². The van der Waals surface area contributed by atoms with Crippen LogP contribution in [0.25, 0.3) is 0 Å². The quantitative estimate of drug-likeness (QED) is 0.666. The van der Waals surface area contributed by atoms with Crippen LogP contribution in [0, 0.1) is 5.92 Å². The van der Waals surface area contributed by atoms with E-state index >= 15 is 0 Å². The summed E-state index contributed by atoms with van der Waals surface area (Å²) in [4.78, 5) is 36.7. The highest BCUT2D eigenvalue weighted by Gasteiger charge is 2.41. The Morgan fingerprint density at radius 2 is 1.84 bits per heavy atom. The predicted octanol–water partition coefficient (Wildman–Crippen LogP) is 1.75. The number of Topliss-reactive ketones (excluding diaryl/α,β-unsaturated/α-hetero) is 1. The molecule has 0 bridgehead atoms. The van der Waals surface area contributed by atoms with Crippen molar-refractivity contribution in [3.63, 3.8) is 0 Å². The molecule has 0 radical (unpaired) electrons. The van der Waals surface area contributed by atoms with Crippen molar-refractivity contribution in [3.05, 3.63) is 60.2 Å². The number of para-hydroxylation sites is 1. The first-order valence-corrected chi connectivity index (χ1v) is 7.93. The standard InChI is InChI=1S/C19H18N2O4/c1-21-12-16(17(22)19(21)24)18(23)20-11-13-6-5-9-15(10-13)25-14-7-3-2-4-8-14/h2-10,16H,11-12H2,1H3,(H,20,23). The van der Waals surface area contributed by atoms with Gasteiger partial charge in [-0.25, -0.2) is 0 Å². The number of amides is 2. The smallest absolute Gasteiger partial charge is 0.290 e. The van der Waals surface area contributed by atoms with E-state index in [1.54, 1.807) is 0 Å². The van der Waals surface area contributed by atoms with Crippen LogP contribution in [0.5, 0.6) is 11.5 Å². The zero-order valence-electron chi connectivity index (χ0n) is 13.8. The average molecular weight is 338 g/mol. The maximum Gasteiger partial charge on any atom is 0.290 e. The first-order chi connectivity index (χ1) is 12.0. The van der Waals surface area contributed by atoms with Crippen molar-refractivity contribution in [1.82, 2.24) is 10.2 Å². The van der Waals surface area contributed by atoms with Gasteiger partial charge in [0.2, 0.25) is 11.7 Å². The van der Waals surface area contributed by atoms with Gasteiger partial charge in [0, 0.05) is 20.1 Å². The molecule has 2 aromatic rings. The molecule has 1 unspecified atom stereocenters. The number of benzene rings is 2. The third kappa shape index (κ3) is 3.85. The Bertz CT molecular complexity index is 804. The van der Waals surface area contributed by atoms with E-state index in [0.717, 1.165) is 11.3 Å². The second-order valence-electron chi connectivity index (χ2n) is 5.88. The predicted molar refractivity (Wildman–Crippen MR) is 90.9 cm³/mol. The summed E-state index contributed by atoms with van der Waals surface area (Å²) in [5, 5.41) is 2.71. The molecule has 25 heavy (non-hydrogen) atoms. The molecule has 0 aromatic heterocycles. The summed E-state index contributed by atoms with van der Waals surface area (Å²) >= 11 is 0. The van der Waals surface area contributed by atoms with Crippen LogP contribution in [0.2, 0.25) is 0 Å². The number of rotatable bonds is 5. The summed E-state index contributed by atoms with van der Waals surface area (Å²) in [5.41, 5.74) is 0.840. The molecule has 0 aliphatic carbocycles. The summed E-state index contributed by atoms with van der Waals surface area (Å²) in [6.07, 6.45) is 0. The van der Waals surface area contributed by atoms with Crippen molar-refractivity contribution in [3.8, 4) is 11.5 Å². The van der Waals surface area contributed by atoms with Crippen molar-refractivity contribution in [1.29, 1.82) is 0 Å². The lowest BCUT2D eigenvalue weighted by molar-refractivity contribution is -0.142. The van der Waals surface area contributed by atoms with Gasteiger partial charge in [-0.3, -0.25) is 14.4 Å². The van der Waals surface area contributed by atoms with E-state index in [1.807, 2.05) is 54.6 Å². The van der Waals surface area contributed by atoms with Crippen LogP contribution in [-0.4, -0.2) is 36.1 Å². The number of carbonyl (C=O) groups is 3. The van der Waals surface area contributed by atoms with Gasteiger partial charge in [0.25, 0.3) is 5.91 Å². The van der Waals surface area contributed by atoms with Gasteiger partial charge in [-0.1, -0.05) is 30.3 Å². The zero-order valence-corrected chi connectivity index (χ0v) is 13.8. The van der Waals surface area contributed by atoms with Crippen molar-refractivity contribution in [2.75, 3.05) is 13.6 Å². The molecule has 1 heterocycles. The Morgan fingerprint density at radius 3 is 2.52 bits per heavy atom. The molecule has 1 atom stereocenters. The Balaban J connectivity index is 1.60. The summed E-state index contributed by atoms with van der Waals surface area (Å²) in [5.74, 6) is -1.25. The number of hydrogen-bond acceptors (Lipinski definition) is 4. The minimum atomic E-state index is -0.929. The van der Waals surface area contributed by atoms with E-state index in [4.69, 9.17) is 4.74 Å². The molecular weight excluding hydrogens is 320 g/mol. The number of ketones is 1. The Morgan fingerprint density at radius 1 is 1.12 bits per heavy atom. The molecule has 3 rings (SSSR count). The van der Waals surface area contributed by atoms with Gasteiger partial charge in [-0.2, -0.15) is 0 Å². The Hall–Kier alpha value is -3.15. The summed E-state index contributed by atoms with van der Waals surface area (Å²) in [6, 6.07) is 16.7. The molecule has 1 fully saturated rings. The van der Waals surface area contributed by atoms with Crippen LogP contribution in [-0.2, 0) is 20.9 Å². The van der Waals surface area contributed by atoms with Crippen molar-refractivity contribution in [2.45, 2.75) is 6.54 Å². The molecule has 1 aliphatic rings. The first-order valence-electron chi connectivity index (χ1n) is 7.93. The molecule has 128 valence electrons. The highest BCUT2D eigenvalue weighted by atomic mass is 16.5. The molecule has 1 saturated heterocycles.